The molecule has 1 aromatic carbocycles. The van der Waals surface area contributed by atoms with Crippen LogP contribution in [0.25, 0.3) is 0 Å². The Kier molecular flexibility index (Phi) is 3.23. The highest BCUT2D eigenvalue weighted by Crippen LogP contribution is 2.31. The van der Waals surface area contributed by atoms with E-state index in [1.165, 1.54) is 12.8 Å². The van der Waals surface area contributed by atoms with Crippen LogP contribution in [0.5, 0.6) is 0 Å². The predicted molar refractivity (Wildman–Crippen MR) is 70.8 cm³/mol. The summed E-state index contributed by atoms with van der Waals surface area (Å²) in [5.74, 6) is 0.648. The maximum Gasteiger partial charge on any atom is 0.101 e. The van der Waals surface area contributed by atoms with Crippen LogP contribution in [0.4, 0.5) is 11.4 Å². The molecule has 0 radical (unpaired) electrons. The molecule has 17 heavy (non-hydrogen) atoms. The van der Waals surface area contributed by atoms with E-state index in [4.69, 9.17) is 11.0 Å². The first kappa shape index (κ1) is 11.8. The summed E-state index contributed by atoms with van der Waals surface area (Å²) >= 11 is 0. The van der Waals surface area contributed by atoms with Crippen molar-refractivity contribution < 1.29 is 0 Å². The molecule has 1 aliphatic rings. The number of anilines is 2. The van der Waals surface area contributed by atoms with Crippen LogP contribution < -0.4 is 10.6 Å². The largest absolute Gasteiger partial charge is 0.398 e. The molecule has 0 saturated carbocycles. The first-order valence-electron chi connectivity index (χ1n) is 6.19. The van der Waals surface area contributed by atoms with Gasteiger partial charge in [0.2, 0.25) is 0 Å². The van der Waals surface area contributed by atoms with Gasteiger partial charge in [0.25, 0.3) is 0 Å². The SMILES string of the molecule is CC(C)C1CCCN1c1ccc(C#N)c(N)c1. The highest BCUT2D eigenvalue weighted by molar-refractivity contribution is 5.64. The van der Waals surface area contributed by atoms with Crippen LogP contribution >= 0.6 is 0 Å². The van der Waals surface area contributed by atoms with Crippen molar-refractivity contribution in [1.29, 1.82) is 5.26 Å². The topological polar surface area (TPSA) is 53.0 Å². The van der Waals surface area contributed by atoms with E-state index >= 15 is 0 Å². The monoisotopic (exact) mass is 229 g/mol. The van der Waals surface area contributed by atoms with Gasteiger partial charge in [-0.2, -0.15) is 5.26 Å². The number of nitrogens with two attached hydrogens (primary N) is 1. The summed E-state index contributed by atoms with van der Waals surface area (Å²) in [5.41, 5.74) is 8.17. The van der Waals surface area contributed by atoms with E-state index in [-0.39, 0.29) is 0 Å². The molecule has 2 rings (SSSR count). The fraction of sp³-hybridized carbons (Fsp3) is 0.500. The third-order valence-electron chi connectivity index (χ3n) is 3.56. The highest BCUT2D eigenvalue weighted by atomic mass is 15.2. The molecular formula is C14H19N3. The van der Waals surface area contributed by atoms with Crippen molar-refractivity contribution in [1.82, 2.24) is 0 Å². The Morgan fingerprint density at radius 1 is 1.47 bits per heavy atom. The Balaban J connectivity index is 2.28. The van der Waals surface area contributed by atoms with Crippen LogP contribution in [0, 0.1) is 17.2 Å². The highest BCUT2D eigenvalue weighted by Gasteiger charge is 2.27. The maximum atomic E-state index is 8.87. The van der Waals surface area contributed by atoms with Gasteiger partial charge in [-0.3, -0.25) is 0 Å². The summed E-state index contributed by atoms with van der Waals surface area (Å²) in [4.78, 5) is 2.42. The summed E-state index contributed by atoms with van der Waals surface area (Å²) in [6.45, 7) is 5.61. The van der Waals surface area contributed by atoms with Crippen molar-refractivity contribution in [2.75, 3.05) is 17.2 Å². The van der Waals surface area contributed by atoms with E-state index in [9.17, 15) is 0 Å². The molecule has 90 valence electrons. The van der Waals surface area contributed by atoms with Gasteiger partial charge in [-0.15, -0.1) is 0 Å². The average molecular weight is 229 g/mol. The zero-order chi connectivity index (χ0) is 12.4. The standard InChI is InChI=1S/C14H19N3/c1-10(2)14-4-3-7-17(14)12-6-5-11(9-15)13(16)8-12/h5-6,8,10,14H,3-4,7,16H2,1-2H3. The lowest BCUT2D eigenvalue weighted by Gasteiger charge is -2.30. The van der Waals surface area contributed by atoms with Crippen LogP contribution in [0.3, 0.4) is 0 Å². The predicted octanol–water partition coefficient (Wildman–Crippen LogP) is 2.77. The number of hydrogen-bond donors (Lipinski definition) is 1. The molecule has 0 aliphatic carbocycles. The third-order valence-corrected chi connectivity index (χ3v) is 3.56. The van der Waals surface area contributed by atoms with E-state index in [1.54, 1.807) is 0 Å². The maximum absolute atomic E-state index is 8.87. The fourth-order valence-corrected chi connectivity index (χ4v) is 2.64. The van der Waals surface area contributed by atoms with Crippen LogP contribution in [0.1, 0.15) is 32.3 Å². The summed E-state index contributed by atoms with van der Waals surface area (Å²) in [6.07, 6.45) is 2.49. The molecular weight excluding hydrogens is 210 g/mol. The Morgan fingerprint density at radius 2 is 2.24 bits per heavy atom. The Labute approximate surface area is 103 Å². The minimum Gasteiger partial charge on any atom is -0.398 e. The van der Waals surface area contributed by atoms with E-state index in [0.717, 1.165) is 12.2 Å². The smallest absolute Gasteiger partial charge is 0.101 e. The summed E-state index contributed by atoms with van der Waals surface area (Å²) < 4.78 is 0. The van der Waals surface area contributed by atoms with Gasteiger partial charge in [0, 0.05) is 18.3 Å². The third kappa shape index (κ3) is 2.21. The summed E-state index contributed by atoms with van der Waals surface area (Å²) in [7, 11) is 0. The lowest BCUT2D eigenvalue weighted by molar-refractivity contribution is 0.492. The summed E-state index contributed by atoms with van der Waals surface area (Å²) in [6, 6.07) is 8.46. The van der Waals surface area contributed by atoms with Crippen molar-refractivity contribution >= 4 is 11.4 Å². The van der Waals surface area contributed by atoms with Crippen LogP contribution in [0.15, 0.2) is 18.2 Å². The van der Waals surface area contributed by atoms with Gasteiger partial charge in [0.1, 0.15) is 6.07 Å². The molecule has 0 bridgehead atoms. The number of nitrogen functional groups attached to an aromatic ring is 1. The number of hydrogen-bond acceptors (Lipinski definition) is 3. The molecule has 0 aromatic heterocycles. The first-order chi connectivity index (χ1) is 8.13. The summed E-state index contributed by atoms with van der Waals surface area (Å²) in [5, 5.41) is 8.87. The first-order valence-corrected chi connectivity index (χ1v) is 6.19. The second-order valence-corrected chi connectivity index (χ2v) is 5.03. The number of rotatable bonds is 2. The quantitative estimate of drug-likeness (QED) is 0.793. The Morgan fingerprint density at radius 3 is 2.82 bits per heavy atom. The van der Waals surface area contributed by atoms with Crippen LogP contribution in [0.2, 0.25) is 0 Å². The molecule has 3 heteroatoms. The van der Waals surface area contributed by atoms with Gasteiger partial charge < -0.3 is 10.6 Å². The molecule has 1 unspecified atom stereocenters. The molecule has 0 spiro atoms. The zero-order valence-electron chi connectivity index (χ0n) is 10.5. The Bertz CT molecular complexity index is 445. The van der Waals surface area contributed by atoms with Gasteiger partial charge in [0.15, 0.2) is 0 Å². The van der Waals surface area contributed by atoms with Crippen molar-refractivity contribution in [2.24, 2.45) is 5.92 Å². The molecule has 1 aromatic rings. The normalized spacial score (nSPS) is 19.6. The van der Waals surface area contributed by atoms with Crippen LogP contribution in [-0.2, 0) is 0 Å². The molecule has 2 N–H and O–H groups in total. The molecule has 1 fully saturated rings. The lowest BCUT2D eigenvalue weighted by atomic mass is 10.0. The van der Waals surface area contributed by atoms with Gasteiger partial charge in [-0.25, -0.2) is 0 Å². The molecule has 1 aliphatic heterocycles. The minimum absolute atomic E-state index is 0.564. The number of nitrogens with zero attached hydrogens (tertiary/aromatic N) is 2. The van der Waals surface area contributed by atoms with E-state index in [0.29, 0.717) is 23.2 Å². The van der Waals surface area contributed by atoms with Gasteiger partial charge in [0.05, 0.1) is 11.3 Å². The van der Waals surface area contributed by atoms with Crippen molar-refractivity contribution in [3.05, 3.63) is 23.8 Å². The molecule has 1 saturated heterocycles. The fourth-order valence-electron chi connectivity index (χ4n) is 2.64. The lowest BCUT2D eigenvalue weighted by Crippen LogP contribution is -2.33. The average Bonchev–Trinajstić information content (AvgIpc) is 2.77. The van der Waals surface area contributed by atoms with E-state index in [2.05, 4.69) is 24.8 Å². The number of nitriles is 1. The van der Waals surface area contributed by atoms with Crippen molar-refractivity contribution in [3.63, 3.8) is 0 Å². The van der Waals surface area contributed by atoms with E-state index < -0.39 is 0 Å². The van der Waals surface area contributed by atoms with Crippen molar-refractivity contribution in [3.8, 4) is 6.07 Å². The van der Waals surface area contributed by atoms with Gasteiger partial charge >= 0.3 is 0 Å². The molecule has 3 nitrogen and oxygen atoms in total. The number of benzene rings is 1. The van der Waals surface area contributed by atoms with E-state index in [1.807, 2.05) is 18.2 Å². The molecule has 0 amide bonds. The zero-order valence-corrected chi connectivity index (χ0v) is 10.5. The van der Waals surface area contributed by atoms with Crippen molar-refractivity contribution in [2.45, 2.75) is 32.7 Å². The van der Waals surface area contributed by atoms with Gasteiger partial charge in [-0.1, -0.05) is 13.8 Å². The second-order valence-electron chi connectivity index (χ2n) is 5.03. The molecule has 1 heterocycles. The molecule has 1 atom stereocenters. The second kappa shape index (κ2) is 4.67. The minimum atomic E-state index is 0.564. The van der Waals surface area contributed by atoms with Crippen LogP contribution in [-0.4, -0.2) is 12.6 Å². The van der Waals surface area contributed by atoms with Gasteiger partial charge in [-0.05, 0) is 37.0 Å². The Hall–Kier alpha value is -1.69.